The summed E-state index contributed by atoms with van der Waals surface area (Å²) in [5, 5.41) is 0. The lowest BCUT2D eigenvalue weighted by molar-refractivity contribution is -0.198. The molecule has 0 saturated heterocycles. The molecule has 2 aromatic heterocycles. The van der Waals surface area contributed by atoms with E-state index in [1.807, 2.05) is 12.1 Å². The molecule has 0 spiro atoms. The van der Waals surface area contributed by atoms with Crippen molar-refractivity contribution in [2.75, 3.05) is 0 Å². The molecular formula is C14H14F3N3. The predicted octanol–water partition coefficient (Wildman–Crippen LogP) is 3.45. The Kier molecular flexibility index (Phi) is 3.23. The zero-order valence-electron chi connectivity index (χ0n) is 10.7. The van der Waals surface area contributed by atoms with E-state index in [1.54, 1.807) is 18.6 Å². The van der Waals surface area contributed by atoms with Crippen LogP contribution in [-0.4, -0.2) is 21.1 Å². The van der Waals surface area contributed by atoms with Gasteiger partial charge in [0.1, 0.15) is 5.82 Å². The molecule has 0 bridgehead atoms. The molecule has 2 aromatic rings. The fraction of sp³-hybridized carbons (Fsp3) is 0.429. The topological polar surface area (TPSA) is 41.6 Å². The van der Waals surface area contributed by atoms with Crippen molar-refractivity contribution < 1.29 is 13.2 Å². The van der Waals surface area contributed by atoms with E-state index in [2.05, 4.69) is 15.0 Å². The number of H-pyrrole nitrogens is 1. The first kappa shape index (κ1) is 13.1. The van der Waals surface area contributed by atoms with Gasteiger partial charge in [-0.1, -0.05) is 0 Å². The minimum atomic E-state index is -4.07. The minimum Gasteiger partial charge on any atom is -0.348 e. The van der Waals surface area contributed by atoms with Gasteiger partial charge in [-0.05, 0) is 30.5 Å². The molecule has 1 aliphatic rings. The third-order valence-electron chi connectivity index (χ3n) is 3.77. The molecule has 0 aromatic carbocycles. The Morgan fingerprint density at radius 1 is 1.20 bits per heavy atom. The molecule has 0 radical (unpaired) electrons. The fourth-order valence-corrected chi connectivity index (χ4v) is 2.49. The third kappa shape index (κ3) is 2.69. The van der Waals surface area contributed by atoms with Gasteiger partial charge >= 0.3 is 6.18 Å². The molecule has 0 amide bonds. The molecular weight excluding hydrogens is 267 g/mol. The summed E-state index contributed by atoms with van der Waals surface area (Å²) >= 11 is 0. The molecule has 106 valence electrons. The van der Waals surface area contributed by atoms with Gasteiger partial charge in [0.05, 0.1) is 11.6 Å². The van der Waals surface area contributed by atoms with Gasteiger partial charge in [-0.15, -0.1) is 0 Å². The highest BCUT2D eigenvalue weighted by Gasteiger charge is 2.48. The molecule has 3 rings (SSSR count). The van der Waals surface area contributed by atoms with Crippen molar-refractivity contribution in [2.45, 2.75) is 31.4 Å². The van der Waals surface area contributed by atoms with Crippen molar-refractivity contribution in [3.8, 4) is 0 Å². The van der Waals surface area contributed by atoms with E-state index in [9.17, 15) is 13.2 Å². The lowest BCUT2D eigenvalue weighted by Gasteiger charge is -2.35. The maximum absolute atomic E-state index is 12.4. The van der Waals surface area contributed by atoms with E-state index in [1.165, 1.54) is 0 Å². The second kappa shape index (κ2) is 4.92. The second-order valence-corrected chi connectivity index (χ2v) is 5.22. The average Bonchev–Trinajstić information content (AvgIpc) is 2.75. The Morgan fingerprint density at radius 2 is 1.90 bits per heavy atom. The first-order valence-corrected chi connectivity index (χ1v) is 6.52. The Labute approximate surface area is 114 Å². The monoisotopic (exact) mass is 281 g/mol. The van der Waals surface area contributed by atoms with Crippen LogP contribution >= 0.6 is 0 Å². The van der Waals surface area contributed by atoms with E-state index >= 15 is 0 Å². The summed E-state index contributed by atoms with van der Waals surface area (Å²) in [6, 6.07) is 3.80. The average molecular weight is 281 g/mol. The lowest BCUT2D eigenvalue weighted by atomic mass is 9.74. The number of aromatic amines is 1. The van der Waals surface area contributed by atoms with E-state index in [4.69, 9.17) is 0 Å². The van der Waals surface area contributed by atoms with Gasteiger partial charge < -0.3 is 4.98 Å². The first-order valence-electron chi connectivity index (χ1n) is 6.52. The number of nitrogens with zero attached hydrogens (tertiary/aromatic N) is 2. The summed E-state index contributed by atoms with van der Waals surface area (Å²) in [6.45, 7) is 0. The van der Waals surface area contributed by atoms with Gasteiger partial charge in [0, 0.05) is 30.9 Å². The van der Waals surface area contributed by atoms with Crippen LogP contribution in [0.25, 0.3) is 0 Å². The largest absolute Gasteiger partial charge is 0.391 e. The van der Waals surface area contributed by atoms with Crippen molar-refractivity contribution in [3.05, 3.63) is 47.8 Å². The number of aromatic nitrogens is 3. The molecule has 20 heavy (non-hydrogen) atoms. The number of rotatable bonds is 3. The summed E-state index contributed by atoms with van der Waals surface area (Å²) in [5.74, 6) is -0.580. The van der Waals surface area contributed by atoms with Crippen molar-refractivity contribution in [2.24, 2.45) is 5.92 Å². The second-order valence-electron chi connectivity index (χ2n) is 5.22. The van der Waals surface area contributed by atoms with Gasteiger partial charge in [0.15, 0.2) is 0 Å². The van der Waals surface area contributed by atoms with Crippen LogP contribution in [0.15, 0.2) is 30.7 Å². The quantitative estimate of drug-likeness (QED) is 0.936. The molecule has 1 N–H and O–H groups in total. The maximum atomic E-state index is 12.4. The third-order valence-corrected chi connectivity index (χ3v) is 3.77. The molecule has 0 unspecified atom stereocenters. The van der Waals surface area contributed by atoms with Crippen LogP contribution in [0.2, 0.25) is 0 Å². The van der Waals surface area contributed by atoms with Crippen LogP contribution in [0.3, 0.4) is 0 Å². The number of nitrogens with one attached hydrogen (secondary N) is 1. The number of pyridine rings is 1. The molecule has 1 aliphatic carbocycles. The summed E-state index contributed by atoms with van der Waals surface area (Å²) < 4.78 is 37.3. The highest BCUT2D eigenvalue weighted by atomic mass is 19.4. The number of halogens is 3. The van der Waals surface area contributed by atoms with Gasteiger partial charge in [0.2, 0.25) is 0 Å². The predicted molar refractivity (Wildman–Crippen MR) is 67.2 cm³/mol. The fourth-order valence-electron chi connectivity index (χ4n) is 2.49. The summed E-state index contributed by atoms with van der Waals surface area (Å²) in [4.78, 5) is 11.3. The molecule has 2 heterocycles. The molecule has 0 atom stereocenters. The molecule has 1 fully saturated rings. The summed E-state index contributed by atoms with van der Waals surface area (Å²) in [5.41, 5.74) is 1.93. The zero-order valence-corrected chi connectivity index (χ0v) is 10.7. The Bertz CT molecular complexity index is 571. The van der Waals surface area contributed by atoms with Crippen LogP contribution in [0.5, 0.6) is 0 Å². The standard InChI is InChI=1S/C14H14F3N3/c15-14(16,17)11-6-10(7-11)13-19-8-12(20-13)5-9-1-3-18-4-2-9/h1-4,8,10-11H,5-7H2,(H,19,20). The number of alkyl halides is 3. The van der Waals surface area contributed by atoms with Crippen LogP contribution < -0.4 is 0 Å². The van der Waals surface area contributed by atoms with Crippen LogP contribution in [-0.2, 0) is 6.42 Å². The minimum absolute atomic E-state index is 0.0900. The molecule has 6 heteroatoms. The van der Waals surface area contributed by atoms with Crippen molar-refractivity contribution in [1.29, 1.82) is 0 Å². The molecule has 3 nitrogen and oxygen atoms in total. The maximum Gasteiger partial charge on any atom is 0.391 e. The Morgan fingerprint density at radius 3 is 2.55 bits per heavy atom. The summed E-state index contributed by atoms with van der Waals surface area (Å²) in [6.07, 6.45) is 2.08. The lowest BCUT2D eigenvalue weighted by Crippen LogP contribution is -2.34. The SMILES string of the molecule is FC(F)(F)C1CC(c2nc(Cc3ccncc3)c[nH]2)C1. The van der Waals surface area contributed by atoms with Crippen molar-refractivity contribution in [3.63, 3.8) is 0 Å². The Balaban J connectivity index is 1.61. The van der Waals surface area contributed by atoms with Crippen LogP contribution in [0.1, 0.15) is 35.8 Å². The zero-order chi connectivity index (χ0) is 14.2. The van der Waals surface area contributed by atoms with E-state index in [0.29, 0.717) is 12.2 Å². The smallest absolute Gasteiger partial charge is 0.348 e. The van der Waals surface area contributed by atoms with Gasteiger partial charge in [-0.3, -0.25) is 4.98 Å². The van der Waals surface area contributed by atoms with Crippen LogP contribution in [0, 0.1) is 5.92 Å². The van der Waals surface area contributed by atoms with E-state index in [-0.39, 0.29) is 18.8 Å². The van der Waals surface area contributed by atoms with Gasteiger partial charge in [0.25, 0.3) is 0 Å². The number of hydrogen-bond acceptors (Lipinski definition) is 2. The molecule has 1 saturated carbocycles. The highest BCUT2D eigenvalue weighted by molar-refractivity contribution is 5.19. The number of hydrogen-bond donors (Lipinski definition) is 1. The van der Waals surface area contributed by atoms with Crippen molar-refractivity contribution >= 4 is 0 Å². The van der Waals surface area contributed by atoms with Crippen molar-refractivity contribution in [1.82, 2.24) is 15.0 Å². The Hall–Kier alpha value is -1.85. The first-order chi connectivity index (χ1) is 9.52. The van der Waals surface area contributed by atoms with E-state index < -0.39 is 12.1 Å². The van der Waals surface area contributed by atoms with Gasteiger partial charge in [-0.2, -0.15) is 13.2 Å². The van der Waals surface area contributed by atoms with Crippen LogP contribution in [0.4, 0.5) is 13.2 Å². The highest BCUT2D eigenvalue weighted by Crippen LogP contribution is 2.48. The summed E-state index contributed by atoms with van der Waals surface area (Å²) in [7, 11) is 0. The van der Waals surface area contributed by atoms with Gasteiger partial charge in [-0.25, -0.2) is 4.98 Å². The normalized spacial score (nSPS) is 22.6. The van der Waals surface area contributed by atoms with E-state index in [0.717, 1.165) is 11.3 Å². The number of imidazole rings is 1. The molecule has 0 aliphatic heterocycles.